The monoisotopic (exact) mass is 526 g/mol. The molecule has 7 heteroatoms. The molecule has 0 aliphatic rings. The molecule has 6 nitrogen and oxygen atoms in total. The van der Waals surface area contributed by atoms with Crippen LogP contribution >= 0.6 is 0 Å². The van der Waals surface area contributed by atoms with Gasteiger partial charge in [-0.05, 0) is 68.3 Å². The number of ether oxygens (including phenoxy) is 3. The molecule has 3 rings (SSSR count). The van der Waals surface area contributed by atoms with E-state index in [0.29, 0.717) is 22.4 Å². The minimum Gasteiger partial charge on any atom is -0.423 e. The molecule has 0 saturated heterocycles. The van der Waals surface area contributed by atoms with Crippen molar-refractivity contribution in [3.05, 3.63) is 114 Å². The van der Waals surface area contributed by atoms with Crippen LogP contribution in [0.2, 0.25) is 0 Å². The standard InChI is InChI=1S/C32H27FO6/c1-19(2)30(34)37-25-13-8-22(9-14-25)7-10-24-17-29(39-32(36)21(5)6)27(18-28(24)33)23-11-15-26(16-12-23)38-31(35)20(3)4/h7-18H,1,3,5H2,2,4,6H3/b10-7+. The van der Waals surface area contributed by atoms with Crippen LogP contribution in [0.3, 0.4) is 0 Å². The van der Waals surface area contributed by atoms with E-state index in [-0.39, 0.29) is 33.8 Å². The quantitative estimate of drug-likeness (QED) is 0.128. The van der Waals surface area contributed by atoms with Crippen molar-refractivity contribution in [3.8, 4) is 28.4 Å². The topological polar surface area (TPSA) is 78.9 Å². The number of carbonyl (C=O) groups excluding carboxylic acids is 3. The van der Waals surface area contributed by atoms with Crippen LogP contribution in [0.5, 0.6) is 17.2 Å². The number of rotatable bonds is 9. The first kappa shape index (κ1) is 28.5. The SMILES string of the molecule is C=C(C)C(=O)Oc1ccc(/C=C/c2cc(OC(=O)C(=C)C)c(-c3ccc(OC(=O)C(=C)C)cc3)cc2F)cc1. The maximum atomic E-state index is 15.2. The first-order valence-electron chi connectivity index (χ1n) is 11.8. The molecular weight excluding hydrogens is 499 g/mol. The molecule has 0 spiro atoms. The Morgan fingerprint density at radius 3 is 1.62 bits per heavy atom. The zero-order chi connectivity index (χ0) is 28.7. The molecular formula is C32H27FO6. The van der Waals surface area contributed by atoms with Gasteiger partial charge in [-0.3, -0.25) is 0 Å². The maximum Gasteiger partial charge on any atom is 0.338 e. The molecule has 0 unspecified atom stereocenters. The van der Waals surface area contributed by atoms with E-state index in [0.717, 1.165) is 0 Å². The maximum absolute atomic E-state index is 15.2. The summed E-state index contributed by atoms with van der Waals surface area (Å²) in [5, 5.41) is 0. The fourth-order valence-electron chi connectivity index (χ4n) is 3.12. The van der Waals surface area contributed by atoms with Crippen LogP contribution in [0, 0.1) is 5.82 Å². The summed E-state index contributed by atoms with van der Waals surface area (Å²) in [5.74, 6) is -1.55. The summed E-state index contributed by atoms with van der Waals surface area (Å²) in [6.45, 7) is 15.3. The lowest BCUT2D eigenvalue weighted by Gasteiger charge is -2.13. The number of carbonyl (C=O) groups is 3. The number of esters is 3. The highest BCUT2D eigenvalue weighted by molar-refractivity contribution is 5.91. The number of benzene rings is 3. The summed E-state index contributed by atoms with van der Waals surface area (Å²) in [5.41, 5.74) is 2.45. The smallest absolute Gasteiger partial charge is 0.338 e. The predicted octanol–water partition coefficient (Wildman–Crippen LogP) is 7.11. The van der Waals surface area contributed by atoms with Gasteiger partial charge in [-0.2, -0.15) is 0 Å². The third-order valence-corrected chi connectivity index (χ3v) is 5.27. The van der Waals surface area contributed by atoms with Crippen LogP contribution in [-0.4, -0.2) is 17.9 Å². The molecule has 0 heterocycles. The Bertz CT molecular complexity index is 1490. The molecule has 39 heavy (non-hydrogen) atoms. The van der Waals surface area contributed by atoms with Crippen molar-refractivity contribution >= 4 is 30.1 Å². The lowest BCUT2D eigenvalue weighted by atomic mass is 10.0. The summed E-state index contributed by atoms with van der Waals surface area (Å²) in [7, 11) is 0. The third kappa shape index (κ3) is 7.72. The van der Waals surface area contributed by atoms with E-state index >= 15 is 4.39 Å². The molecule has 198 valence electrons. The highest BCUT2D eigenvalue weighted by Crippen LogP contribution is 2.35. The summed E-state index contributed by atoms with van der Waals surface area (Å²) in [4.78, 5) is 35.8. The summed E-state index contributed by atoms with van der Waals surface area (Å²) < 4.78 is 31.1. The normalized spacial score (nSPS) is 10.6. The Kier molecular flexibility index (Phi) is 9.12. The van der Waals surface area contributed by atoms with E-state index in [4.69, 9.17) is 14.2 Å². The molecule has 3 aromatic rings. The van der Waals surface area contributed by atoms with Crippen LogP contribution in [0.15, 0.2) is 97.1 Å². The first-order valence-corrected chi connectivity index (χ1v) is 11.8. The van der Waals surface area contributed by atoms with Gasteiger partial charge in [0.05, 0.1) is 0 Å². The van der Waals surface area contributed by atoms with Crippen molar-refractivity contribution < 1.29 is 33.0 Å². The number of hydrogen-bond donors (Lipinski definition) is 0. The lowest BCUT2D eigenvalue weighted by molar-refractivity contribution is -0.130. The van der Waals surface area contributed by atoms with E-state index in [1.54, 1.807) is 61.5 Å². The lowest BCUT2D eigenvalue weighted by Crippen LogP contribution is -2.09. The third-order valence-electron chi connectivity index (χ3n) is 5.27. The molecule has 0 fully saturated rings. The van der Waals surface area contributed by atoms with Crippen LogP contribution in [0.1, 0.15) is 31.9 Å². The van der Waals surface area contributed by atoms with Gasteiger partial charge < -0.3 is 14.2 Å². The van der Waals surface area contributed by atoms with Gasteiger partial charge in [-0.15, -0.1) is 0 Å². The molecule has 0 amide bonds. The second-order valence-electron chi connectivity index (χ2n) is 8.81. The second kappa shape index (κ2) is 12.5. The molecule has 0 aromatic heterocycles. The average Bonchev–Trinajstić information content (AvgIpc) is 2.89. The Hall–Kier alpha value is -5.04. The minimum absolute atomic E-state index is 0.123. The highest BCUT2D eigenvalue weighted by Gasteiger charge is 2.16. The fourth-order valence-corrected chi connectivity index (χ4v) is 3.12. The highest BCUT2D eigenvalue weighted by atomic mass is 19.1. The van der Waals surface area contributed by atoms with E-state index in [1.807, 2.05) is 0 Å². The van der Waals surface area contributed by atoms with Crippen molar-refractivity contribution in [2.24, 2.45) is 0 Å². The van der Waals surface area contributed by atoms with Gasteiger partial charge in [-0.25, -0.2) is 18.8 Å². The molecule has 0 saturated carbocycles. The Morgan fingerprint density at radius 2 is 1.13 bits per heavy atom. The van der Waals surface area contributed by atoms with Crippen LogP contribution in [0.4, 0.5) is 4.39 Å². The van der Waals surface area contributed by atoms with Crippen molar-refractivity contribution in [2.75, 3.05) is 0 Å². The first-order chi connectivity index (χ1) is 18.4. The van der Waals surface area contributed by atoms with Crippen LogP contribution < -0.4 is 14.2 Å². The second-order valence-corrected chi connectivity index (χ2v) is 8.81. The molecule has 0 atom stereocenters. The summed E-state index contributed by atoms with van der Waals surface area (Å²) in [6.07, 6.45) is 3.20. The zero-order valence-electron chi connectivity index (χ0n) is 21.9. The van der Waals surface area contributed by atoms with Crippen molar-refractivity contribution in [2.45, 2.75) is 20.8 Å². The largest absolute Gasteiger partial charge is 0.423 e. The Morgan fingerprint density at radius 1 is 0.667 bits per heavy atom. The average molecular weight is 527 g/mol. The van der Waals surface area contributed by atoms with Gasteiger partial charge in [0.2, 0.25) is 0 Å². The van der Waals surface area contributed by atoms with Crippen LogP contribution in [-0.2, 0) is 14.4 Å². The van der Waals surface area contributed by atoms with E-state index < -0.39 is 23.7 Å². The van der Waals surface area contributed by atoms with Crippen molar-refractivity contribution in [1.82, 2.24) is 0 Å². The molecule has 0 bridgehead atoms. The summed E-state index contributed by atoms with van der Waals surface area (Å²) in [6, 6.07) is 15.6. The molecule has 0 aliphatic heterocycles. The fraction of sp³-hybridized carbons (Fsp3) is 0.0938. The van der Waals surface area contributed by atoms with Crippen molar-refractivity contribution in [3.63, 3.8) is 0 Å². The van der Waals surface area contributed by atoms with Crippen molar-refractivity contribution in [1.29, 1.82) is 0 Å². The van der Waals surface area contributed by atoms with Gasteiger partial charge in [0.15, 0.2) is 0 Å². The van der Waals surface area contributed by atoms with E-state index in [1.165, 1.54) is 32.1 Å². The van der Waals surface area contributed by atoms with Gasteiger partial charge in [0.1, 0.15) is 23.1 Å². The van der Waals surface area contributed by atoms with Crippen LogP contribution in [0.25, 0.3) is 23.3 Å². The van der Waals surface area contributed by atoms with Gasteiger partial charge in [-0.1, -0.05) is 56.2 Å². The summed E-state index contributed by atoms with van der Waals surface area (Å²) >= 11 is 0. The molecule has 0 radical (unpaired) electrons. The molecule has 0 aliphatic carbocycles. The Balaban J connectivity index is 1.91. The number of halogens is 1. The predicted molar refractivity (Wildman–Crippen MR) is 149 cm³/mol. The van der Waals surface area contributed by atoms with E-state index in [9.17, 15) is 14.4 Å². The van der Waals surface area contributed by atoms with Gasteiger partial charge in [0, 0.05) is 27.8 Å². The number of hydrogen-bond acceptors (Lipinski definition) is 6. The Labute approximate surface area is 226 Å². The van der Waals surface area contributed by atoms with E-state index in [2.05, 4.69) is 19.7 Å². The van der Waals surface area contributed by atoms with Gasteiger partial charge in [0.25, 0.3) is 0 Å². The molecule has 0 N–H and O–H groups in total. The molecule has 3 aromatic carbocycles. The minimum atomic E-state index is -0.662. The zero-order valence-corrected chi connectivity index (χ0v) is 21.9. The van der Waals surface area contributed by atoms with Gasteiger partial charge >= 0.3 is 17.9 Å².